The van der Waals surface area contributed by atoms with E-state index in [-0.39, 0.29) is 23.4 Å². The summed E-state index contributed by atoms with van der Waals surface area (Å²) < 4.78 is 29.6. The molecule has 41 heavy (non-hydrogen) atoms. The molecule has 3 aromatic rings. The third kappa shape index (κ3) is 7.98. The highest BCUT2D eigenvalue weighted by atomic mass is 79.9. The van der Waals surface area contributed by atoms with E-state index in [1.54, 1.807) is 47.4 Å². The number of hydrogen-bond donors (Lipinski definition) is 1. The maximum atomic E-state index is 14.2. The lowest BCUT2D eigenvalue weighted by Gasteiger charge is -2.34. The average Bonchev–Trinajstić information content (AvgIpc) is 2.96. The van der Waals surface area contributed by atoms with Gasteiger partial charge in [0.25, 0.3) is 10.0 Å². The minimum Gasteiger partial charge on any atom is -0.352 e. The second kappa shape index (κ2) is 14.1. The summed E-state index contributed by atoms with van der Waals surface area (Å²) in [5.74, 6) is -0.642. The van der Waals surface area contributed by atoms with E-state index in [1.807, 2.05) is 38.1 Å². The number of aryl methyl sites for hydroxylation is 1. The number of amides is 2. The number of sulfonamides is 1. The van der Waals surface area contributed by atoms with Gasteiger partial charge in [0, 0.05) is 17.1 Å². The van der Waals surface area contributed by atoms with Crippen molar-refractivity contribution >= 4 is 43.5 Å². The molecule has 0 aromatic heterocycles. The number of halogens is 1. The lowest BCUT2D eigenvalue weighted by atomic mass is 9.95. The number of rotatable bonds is 11. The zero-order valence-corrected chi connectivity index (χ0v) is 26.0. The first-order valence-electron chi connectivity index (χ1n) is 14.2. The fraction of sp³-hybridized carbons (Fsp3) is 0.375. The predicted octanol–water partition coefficient (Wildman–Crippen LogP) is 6.21. The van der Waals surface area contributed by atoms with E-state index >= 15 is 0 Å². The lowest BCUT2D eigenvalue weighted by molar-refractivity contribution is -0.140. The van der Waals surface area contributed by atoms with Crippen molar-refractivity contribution in [1.82, 2.24) is 10.2 Å². The zero-order valence-electron chi connectivity index (χ0n) is 23.6. The standard InChI is InChI=1S/C32H38BrN3O4S/c1-3-30(32(38)34-27-15-6-4-7-16-27)35(22-25-13-10-12-24(2)20-25)31(37)23-36(28-17-11-14-26(33)21-28)41(39,40)29-18-8-5-9-19-29/h5,8-14,17-21,27,30H,3-4,6-7,15-16,22-23H2,1-2H3,(H,34,38)/t30-/m0/s1. The van der Waals surface area contributed by atoms with Crippen molar-refractivity contribution in [1.29, 1.82) is 0 Å². The maximum absolute atomic E-state index is 14.2. The summed E-state index contributed by atoms with van der Waals surface area (Å²) in [5.41, 5.74) is 2.27. The number of anilines is 1. The van der Waals surface area contributed by atoms with Crippen molar-refractivity contribution in [2.45, 2.75) is 75.9 Å². The molecule has 0 aliphatic heterocycles. The first-order valence-corrected chi connectivity index (χ1v) is 16.4. The third-order valence-corrected chi connectivity index (χ3v) is 9.76. The summed E-state index contributed by atoms with van der Waals surface area (Å²) in [5, 5.41) is 3.18. The maximum Gasteiger partial charge on any atom is 0.264 e. The predicted molar refractivity (Wildman–Crippen MR) is 166 cm³/mol. The van der Waals surface area contributed by atoms with Gasteiger partial charge in [-0.05, 0) is 62.1 Å². The zero-order chi connectivity index (χ0) is 29.4. The molecule has 7 nitrogen and oxygen atoms in total. The molecule has 1 aliphatic rings. The van der Waals surface area contributed by atoms with Gasteiger partial charge in [0.2, 0.25) is 11.8 Å². The molecule has 2 amide bonds. The van der Waals surface area contributed by atoms with Gasteiger partial charge < -0.3 is 10.2 Å². The molecule has 0 spiro atoms. The minimum atomic E-state index is -4.09. The van der Waals surface area contributed by atoms with Gasteiger partial charge in [-0.1, -0.05) is 96.2 Å². The Morgan fingerprint density at radius 3 is 2.32 bits per heavy atom. The lowest BCUT2D eigenvalue weighted by Crippen LogP contribution is -2.54. The van der Waals surface area contributed by atoms with Gasteiger partial charge in [-0.3, -0.25) is 13.9 Å². The Morgan fingerprint density at radius 2 is 1.66 bits per heavy atom. The van der Waals surface area contributed by atoms with Crippen LogP contribution in [0.4, 0.5) is 5.69 Å². The van der Waals surface area contributed by atoms with Crippen molar-refractivity contribution in [3.8, 4) is 0 Å². The first-order chi connectivity index (χ1) is 19.7. The number of nitrogens with zero attached hydrogens (tertiary/aromatic N) is 2. The quantitative estimate of drug-likeness (QED) is 0.270. The van der Waals surface area contributed by atoms with E-state index in [1.165, 1.54) is 18.6 Å². The topological polar surface area (TPSA) is 86.8 Å². The smallest absolute Gasteiger partial charge is 0.264 e. The minimum absolute atomic E-state index is 0.0834. The van der Waals surface area contributed by atoms with E-state index in [9.17, 15) is 18.0 Å². The summed E-state index contributed by atoms with van der Waals surface area (Å²) in [4.78, 5) is 29.4. The van der Waals surface area contributed by atoms with Gasteiger partial charge >= 0.3 is 0 Å². The van der Waals surface area contributed by atoms with Crippen molar-refractivity contribution < 1.29 is 18.0 Å². The van der Waals surface area contributed by atoms with E-state index in [2.05, 4.69) is 21.2 Å². The monoisotopic (exact) mass is 639 g/mol. The molecule has 1 N–H and O–H groups in total. The molecule has 1 atom stereocenters. The second-order valence-corrected chi connectivity index (χ2v) is 13.4. The Balaban J connectivity index is 1.70. The van der Waals surface area contributed by atoms with Gasteiger partial charge in [0.05, 0.1) is 10.6 Å². The second-order valence-electron chi connectivity index (χ2n) is 10.6. The van der Waals surface area contributed by atoms with Crippen molar-refractivity contribution in [2.24, 2.45) is 0 Å². The SMILES string of the molecule is CC[C@@H](C(=O)NC1CCCCC1)N(Cc1cccc(C)c1)C(=O)CN(c1cccc(Br)c1)S(=O)(=O)c1ccccc1. The van der Waals surface area contributed by atoms with Crippen LogP contribution in [-0.4, -0.2) is 43.8 Å². The number of carbonyl (C=O) groups excluding carboxylic acids is 2. The molecule has 1 aliphatic carbocycles. The van der Waals surface area contributed by atoms with Crippen LogP contribution in [0.2, 0.25) is 0 Å². The molecule has 9 heteroatoms. The Morgan fingerprint density at radius 1 is 0.951 bits per heavy atom. The van der Waals surface area contributed by atoms with Crippen LogP contribution in [0.5, 0.6) is 0 Å². The number of hydrogen-bond acceptors (Lipinski definition) is 4. The molecule has 3 aromatic carbocycles. The molecule has 0 saturated heterocycles. The molecule has 1 fully saturated rings. The Hall–Kier alpha value is -3.17. The van der Waals surface area contributed by atoms with Crippen LogP contribution in [0.15, 0.2) is 88.2 Å². The van der Waals surface area contributed by atoms with Crippen LogP contribution < -0.4 is 9.62 Å². The molecule has 0 radical (unpaired) electrons. The van der Waals surface area contributed by atoms with Crippen molar-refractivity contribution in [2.75, 3.05) is 10.8 Å². The molecule has 4 rings (SSSR count). The summed E-state index contributed by atoms with van der Waals surface area (Å²) >= 11 is 3.43. The number of benzene rings is 3. The van der Waals surface area contributed by atoms with Crippen LogP contribution in [0.25, 0.3) is 0 Å². The number of nitrogens with one attached hydrogen (secondary N) is 1. The van der Waals surface area contributed by atoms with Gasteiger partial charge in [-0.2, -0.15) is 0 Å². The Kier molecular flexibility index (Phi) is 10.6. The van der Waals surface area contributed by atoms with E-state index in [0.29, 0.717) is 16.6 Å². The third-order valence-electron chi connectivity index (χ3n) is 7.48. The largest absolute Gasteiger partial charge is 0.352 e. The van der Waals surface area contributed by atoms with Crippen LogP contribution in [-0.2, 0) is 26.2 Å². The molecular formula is C32H38BrN3O4S. The van der Waals surface area contributed by atoms with E-state index < -0.39 is 28.5 Å². The molecule has 218 valence electrons. The average molecular weight is 641 g/mol. The van der Waals surface area contributed by atoms with Crippen LogP contribution in [0.3, 0.4) is 0 Å². The molecule has 1 saturated carbocycles. The van der Waals surface area contributed by atoms with Gasteiger partial charge in [-0.15, -0.1) is 0 Å². The van der Waals surface area contributed by atoms with Gasteiger partial charge in [0.1, 0.15) is 12.6 Å². The van der Waals surface area contributed by atoms with Crippen LogP contribution >= 0.6 is 15.9 Å². The summed E-state index contributed by atoms with van der Waals surface area (Å²) in [6.45, 7) is 3.60. The fourth-order valence-corrected chi connectivity index (χ4v) is 7.16. The normalized spacial score (nSPS) is 14.7. The molecule has 0 bridgehead atoms. The molecule has 0 heterocycles. The Labute approximate surface area is 252 Å². The van der Waals surface area contributed by atoms with Crippen molar-refractivity contribution in [3.63, 3.8) is 0 Å². The number of carbonyl (C=O) groups is 2. The van der Waals surface area contributed by atoms with Gasteiger partial charge in [-0.25, -0.2) is 8.42 Å². The van der Waals surface area contributed by atoms with Crippen molar-refractivity contribution in [3.05, 3.63) is 94.5 Å². The van der Waals surface area contributed by atoms with E-state index in [4.69, 9.17) is 0 Å². The highest BCUT2D eigenvalue weighted by Crippen LogP contribution is 2.27. The first kappa shape index (κ1) is 30.8. The Bertz CT molecular complexity index is 1440. The van der Waals surface area contributed by atoms with Crippen LogP contribution in [0.1, 0.15) is 56.6 Å². The molecule has 0 unspecified atom stereocenters. The highest BCUT2D eigenvalue weighted by Gasteiger charge is 2.34. The summed E-state index contributed by atoms with van der Waals surface area (Å²) in [6.07, 6.45) is 5.58. The fourth-order valence-electron chi connectivity index (χ4n) is 5.35. The van der Waals surface area contributed by atoms with Gasteiger partial charge in [0.15, 0.2) is 0 Å². The summed E-state index contributed by atoms with van der Waals surface area (Å²) in [6, 6.07) is 22.1. The highest BCUT2D eigenvalue weighted by molar-refractivity contribution is 9.10. The van der Waals surface area contributed by atoms with Crippen LogP contribution in [0, 0.1) is 6.92 Å². The van der Waals surface area contributed by atoms with E-state index in [0.717, 1.165) is 41.1 Å². The molecular weight excluding hydrogens is 602 g/mol. The summed E-state index contributed by atoms with van der Waals surface area (Å²) in [7, 11) is -4.09.